The maximum absolute atomic E-state index is 6.43. The fourth-order valence-corrected chi connectivity index (χ4v) is 5.23. The zero-order chi connectivity index (χ0) is 24.3. The van der Waals surface area contributed by atoms with E-state index in [2.05, 4.69) is 47.7 Å². The van der Waals surface area contributed by atoms with Crippen molar-refractivity contribution >= 4 is 46.6 Å². The van der Waals surface area contributed by atoms with Crippen molar-refractivity contribution in [1.82, 2.24) is 20.2 Å². The van der Waals surface area contributed by atoms with Gasteiger partial charge in [0.2, 0.25) is 0 Å². The summed E-state index contributed by atoms with van der Waals surface area (Å²) in [4.78, 5) is 0. The van der Waals surface area contributed by atoms with Crippen molar-refractivity contribution in [3.63, 3.8) is 0 Å². The zero-order valence-electron chi connectivity index (χ0n) is 19.7. The van der Waals surface area contributed by atoms with Crippen LogP contribution in [0.25, 0.3) is 6.08 Å². The van der Waals surface area contributed by atoms with E-state index in [0.717, 1.165) is 42.8 Å². The van der Waals surface area contributed by atoms with Gasteiger partial charge < -0.3 is 5.32 Å². The van der Waals surface area contributed by atoms with E-state index in [0.29, 0.717) is 15.1 Å². The van der Waals surface area contributed by atoms with Gasteiger partial charge in [-0.05, 0) is 70.6 Å². The van der Waals surface area contributed by atoms with E-state index in [9.17, 15) is 0 Å². The van der Waals surface area contributed by atoms with Gasteiger partial charge in [0.05, 0.1) is 11.6 Å². The molecule has 0 amide bonds. The Balaban J connectivity index is 1.74. The first kappa shape index (κ1) is 25.0. The Morgan fingerprint density at radius 2 is 1.65 bits per heavy atom. The van der Waals surface area contributed by atoms with Crippen LogP contribution in [0.5, 0.6) is 0 Å². The van der Waals surface area contributed by atoms with Crippen LogP contribution in [0.2, 0.25) is 15.1 Å². The van der Waals surface area contributed by atoms with E-state index >= 15 is 0 Å². The van der Waals surface area contributed by atoms with Crippen LogP contribution in [0, 0.1) is 5.41 Å². The summed E-state index contributed by atoms with van der Waals surface area (Å²) in [5, 5.41) is 18.9. The predicted octanol–water partition coefficient (Wildman–Crippen LogP) is 8.21. The number of aromatic nitrogens is 4. The smallest absolute Gasteiger partial charge is 0.177 e. The Kier molecular flexibility index (Phi) is 7.56. The van der Waals surface area contributed by atoms with Gasteiger partial charge in [-0.1, -0.05) is 93.1 Å². The average molecular weight is 519 g/mol. The number of benzene rings is 2. The SMILES string of the molecule is CC(C)(C)C(/C=C/c1ccc(Cl)cc1Cl)n1nnnc1C1(Nc2ccc(Cl)cc2)CCCCC1. The van der Waals surface area contributed by atoms with Gasteiger partial charge in [-0.15, -0.1) is 5.10 Å². The molecule has 1 atom stereocenters. The van der Waals surface area contributed by atoms with Crippen LogP contribution < -0.4 is 5.32 Å². The maximum atomic E-state index is 6.43. The van der Waals surface area contributed by atoms with Crippen LogP contribution in [0.1, 0.15) is 70.3 Å². The number of nitrogens with one attached hydrogen (secondary N) is 1. The second-order valence-electron chi connectivity index (χ2n) is 10.1. The minimum atomic E-state index is -0.356. The van der Waals surface area contributed by atoms with Crippen molar-refractivity contribution in [2.24, 2.45) is 5.41 Å². The highest BCUT2D eigenvalue weighted by Crippen LogP contribution is 2.42. The van der Waals surface area contributed by atoms with E-state index in [-0.39, 0.29) is 17.0 Å². The number of hydrogen-bond acceptors (Lipinski definition) is 4. The monoisotopic (exact) mass is 517 g/mol. The van der Waals surface area contributed by atoms with Gasteiger partial charge in [0.25, 0.3) is 0 Å². The van der Waals surface area contributed by atoms with Gasteiger partial charge in [-0.2, -0.15) is 0 Å². The number of nitrogens with zero attached hydrogens (tertiary/aromatic N) is 4. The predicted molar refractivity (Wildman–Crippen MR) is 142 cm³/mol. The van der Waals surface area contributed by atoms with Crippen molar-refractivity contribution in [3.05, 3.63) is 75.0 Å². The Bertz CT molecular complexity index is 1140. The molecule has 0 spiro atoms. The topological polar surface area (TPSA) is 55.6 Å². The molecule has 0 radical (unpaired) electrons. The zero-order valence-corrected chi connectivity index (χ0v) is 22.0. The maximum Gasteiger partial charge on any atom is 0.177 e. The number of tetrazole rings is 1. The van der Waals surface area contributed by atoms with E-state index in [1.165, 1.54) is 6.42 Å². The molecule has 1 N–H and O–H groups in total. The van der Waals surface area contributed by atoms with Crippen LogP contribution in [0.4, 0.5) is 5.69 Å². The molecule has 1 fully saturated rings. The molecule has 1 saturated carbocycles. The van der Waals surface area contributed by atoms with Gasteiger partial charge >= 0.3 is 0 Å². The second-order valence-corrected chi connectivity index (χ2v) is 11.3. The largest absolute Gasteiger partial charge is 0.373 e. The molecular weight excluding hydrogens is 489 g/mol. The molecule has 2 aromatic carbocycles. The normalized spacial score (nSPS) is 17.1. The molecule has 1 heterocycles. The molecule has 1 aliphatic rings. The van der Waals surface area contributed by atoms with Crippen LogP contribution in [-0.2, 0) is 5.54 Å². The average Bonchev–Trinajstić information content (AvgIpc) is 3.27. The minimum absolute atomic E-state index is 0.0879. The number of rotatable bonds is 6. The van der Waals surface area contributed by atoms with Gasteiger partial charge in [-0.3, -0.25) is 0 Å². The number of hydrogen-bond donors (Lipinski definition) is 1. The fraction of sp³-hybridized carbons (Fsp3) is 0.423. The molecule has 1 aliphatic carbocycles. The van der Waals surface area contributed by atoms with Crippen LogP contribution in [0.15, 0.2) is 48.5 Å². The van der Waals surface area contributed by atoms with Gasteiger partial charge in [0.1, 0.15) is 0 Å². The summed E-state index contributed by atoms with van der Waals surface area (Å²) in [7, 11) is 0. The standard InChI is InChI=1S/C26H30Cl3N5/c1-25(2,3)23(14-8-18-7-9-20(28)17-22(18)29)34-24(31-32-33-34)26(15-5-4-6-16-26)30-21-12-10-19(27)11-13-21/h7-14,17,23,30H,4-6,15-16H2,1-3H3/b14-8+. The molecule has 5 nitrogen and oxygen atoms in total. The van der Waals surface area contributed by atoms with Crippen molar-refractivity contribution < 1.29 is 0 Å². The Hall–Kier alpha value is -2.08. The summed E-state index contributed by atoms with van der Waals surface area (Å²) in [6.45, 7) is 6.57. The molecule has 1 unspecified atom stereocenters. The van der Waals surface area contributed by atoms with Gasteiger partial charge in [0.15, 0.2) is 5.82 Å². The van der Waals surface area contributed by atoms with Crippen molar-refractivity contribution in [2.45, 2.75) is 64.5 Å². The lowest BCUT2D eigenvalue weighted by Gasteiger charge is -2.39. The molecule has 8 heteroatoms. The fourth-order valence-electron chi connectivity index (χ4n) is 4.63. The number of anilines is 1. The third-order valence-corrected chi connectivity index (χ3v) is 7.24. The summed E-state index contributed by atoms with van der Waals surface area (Å²) in [5.41, 5.74) is 1.42. The Labute approximate surface area is 216 Å². The molecular formula is C26H30Cl3N5. The summed E-state index contributed by atoms with van der Waals surface area (Å²) in [6.07, 6.45) is 9.52. The molecule has 180 valence electrons. The second kappa shape index (κ2) is 10.3. The minimum Gasteiger partial charge on any atom is -0.373 e. The lowest BCUT2D eigenvalue weighted by molar-refractivity contribution is 0.237. The third kappa shape index (κ3) is 5.59. The van der Waals surface area contributed by atoms with Gasteiger partial charge in [0, 0.05) is 20.8 Å². The molecule has 1 aromatic heterocycles. The Morgan fingerprint density at radius 1 is 0.971 bits per heavy atom. The summed E-state index contributed by atoms with van der Waals surface area (Å²) >= 11 is 18.6. The molecule has 34 heavy (non-hydrogen) atoms. The molecule has 0 aliphatic heterocycles. The van der Waals surface area contributed by atoms with E-state index in [1.54, 1.807) is 6.07 Å². The first-order valence-electron chi connectivity index (χ1n) is 11.6. The van der Waals surface area contributed by atoms with Crippen molar-refractivity contribution in [2.75, 3.05) is 5.32 Å². The quantitative estimate of drug-likeness (QED) is 0.357. The van der Waals surface area contributed by atoms with Crippen molar-refractivity contribution in [1.29, 1.82) is 0 Å². The highest BCUT2D eigenvalue weighted by atomic mass is 35.5. The van der Waals surface area contributed by atoms with E-state index in [4.69, 9.17) is 34.8 Å². The van der Waals surface area contributed by atoms with Gasteiger partial charge in [-0.25, -0.2) is 4.68 Å². The number of allylic oxidation sites excluding steroid dienone is 1. The lowest BCUT2D eigenvalue weighted by Crippen LogP contribution is -2.42. The summed E-state index contributed by atoms with van der Waals surface area (Å²) in [5.74, 6) is 0.855. The Morgan fingerprint density at radius 3 is 2.29 bits per heavy atom. The van der Waals surface area contributed by atoms with E-state index < -0.39 is 0 Å². The first-order chi connectivity index (χ1) is 16.2. The molecule has 3 aromatic rings. The highest BCUT2D eigenvalue weighted by Gasteiger charge is 2.41. The lowest BCUT2D eigenvalue weighted by atomic mass is 9.79. The van der Waals surface area contributed by atoms with Crippen LogP contribution in [0.3, 0.4) is 0 Å². The highest BCUT2D eigenvalue weighted by molar-refractivity contribution is 6.35. The molecule has 0 saturated heterocycles. The van der Waals surface area contributed by atoms with Crippen LogP contribution in [-0.4, -0.2) is 20.2 Å². The van der Waals surface area contributed by atoms with Crippen LogP contribution >= 0.6 is 34.8 Å². The summed E-state index contributed by atoms with van der Waals surface area (Å²) in [6, 6.07) is 13.3. The van der Waals surface area contributed by atoms with Crippen molar-refractivity contribution in [3.8, 4) is 0 Å². The third-order valence-electron chi connectivity index (χ3n) is 6.43. The summed E-state index contributed by atoms with van der Waals surface area (Å²) < 4.78 is 1.98. The number of halogens is 3. The first-order valence-corrected chi connectivity index (χ1v) is 12.8. The van der Waals surface area contributed by atoms with E-state index in [1.807, 2.05) is 47.2 Å². The molecule has 0 bridgehead atoms. The molecule has 4 rings (SSSR count).